The largest absolute Gasteiger partial charge is 0.224 e. The van der Waals surface area contributed by atoms with Crippen molar-refractivity contribution < 1.29 is 8.42 Å². The molecule has 0 bridgehead atoms. The summed E-state index contributed by atoms with van der Waals surface area (Å²) in [6.07, 6.45) is 3.90. The third-order valence-corrected chi connectivity index (χ3v) is 6.89. The summed E-state index contributed by atoms with van der Waals surface area (Å²) in [6.45, 7) is 6.20. The monoisotopic (exact) mass is 360 g/mol. The molecule has 0 saturated heterocycles. The average molecular weight is 361 g/mol. The van der Waals surface area contributed by atoms with Gasteiger partial charge >= 0.3 is 0 Å². The lowest BCUT2D eigenvalue weighted by molar-refractivity contribution is 0.314. The minimum Gasteiger partial charge on any atom is -0.224 e. The number of alkyl halides is 1. The first-order valence-electron chi connectivity index (χ1n) is 7.24. The van der Waals surface area contributed by atoms with Crippen molar-refractivity contribution in [3.63, 3.8) is 0 Å². The van der Waals surface area contributed by atoms with E-state index < -0.39 is 9.84 Å². The number of rotatable bonds is 8. The van der Waals surface area contributed by atoms with Crippen LogP contribution >= 0.6 is 15.9 Å². The number of hydrogen-bond donors (Lipinski definition) is 0. The van der Waals surface area contributed by atoms with Crippen LogP contribution < -0.4 is 0 Å². The van der Waals surface area contributed by atoms with Crippen molar-refractivity contribution >= 4 is 25.8 Å². The Morgan fingerprint density at radius 1 is 1.05 bits per heavy atom. The highest BCUT2D eigenvalue weighted by atomic mass is 79.9. The van der Waals surface area contributed by atoms with Gasteiger partial charge in [0.1, 0.15) is 0 Å². The summed E-state index contributed by atoms with van der Waals surface area (Å²) in [5.74, 6) is 0.232. The Morgan fingerprint density at radius 3 is 1.95 bits per heavy atom. The molecule has 0 fully saturated rings. The first kappa shape index (κ1) is 17.7. The second-order valence-corrected chi connectivity index (χ2v) is 8.26. The summed E-state index contributed by atoms with van der Waals surface area (Å²) in [7, 11) is -3.22. The number of hydrogen-bond acceptors (Lipinski definition) is 2. The Balaban J connectivity index is 3.04. The minimum absolute atomic E-state index is 0.146. The van der Waals surface area contributed by atoms with Crippen LogP contribution in [0.4, 0.5) is 0 Å². The van der Waals surface area contributed by atoms with Gasteiger partial charge < -0.3 is 0 Å². The molecule has 114 valence electrons. The molecule has 1 aromatic rings. The number of benzene rings is 1. The van der Waals surface area contributed by atoms with Crippen molar-refractivity contribution in [2.75, 3.05) is 11.1 Å². The molecule has 1 rings (SSSR count). The van der Waals surface area contributed by atoms with E-state index in [0.717, 1.165) is 36.6 Å². The highest BCUT2D eigenvalue weighted by Gasteiger charge is 2.33. The van der Waals surface area contributed by atoms with Crippen LogP contribution in [0.3, 0.4) is 0 Å². The molecule has 2 nitrogen and oxygen atoms in total. The Labute approximate surface area is 132 Å². The van der Waals surface area contributed by atoms with Gasteiger partial charge in [0.25, 0.3) is 0 Å². The number of sulfone groups is 1. The van der Waals surface area contributed by atoms with Gasteiger partial charge in [0.2, 0.25) is 0 Å². The Morgan fingerprint density at radius 2 is 1.55 bits per heavy atom. The van der Waals surface area contributed by atoms with E-state index in [-0.39, 0.29) is 11.2 Å². The van der Waals surface area contributed by atoms with Crippen molar-refractivity contribution in [1.29, 1.82) is 0 Å². The van der Waals surface area contributed by atoms with E-state index in [1.807, 2.05) is 19.1 Å². The molecular formula is C16H25BrO2S. The van der Waals surface area contributed by atoms with E-state index in [2.05, 4.69) is 29.8 Å². The predicted molar refractivity (Wildman–Crippen MR) is 89.3 cm³/mol. The van der Waals surface area contributed by atoms with E-state index in [1.54, 1.807) is 12.1 Å². The van der Waals surface area contributed by atoms with E-state index in [4.69, 9.17) is 0 Å². The molecule has 0 aliphatic heterocycles. The standard InChI is InChI=1S/C16H25BrO2S/c1-4-10-16(12-17,11-5-2)13-20(18,19)15-8-6-14(3)7-9-15/h6-9H,4-5,10-13H2,1-3H3. The summed E-state index contributed by atoms with van der Waals surface area (Å²) in [4.78, 5) is 0.445. The summed E-state index contributed by atoms with van der Waals surface area (Å²) < 4.78 is 25.3. The summed E-state index contributed by atoms with van der Waals surface area (Å²) >= 11 is 3.55. The first-order chi connectivity index (χ1) is 9.39. The molecule has 0 saturated carbocycles. The number of halogens is 1. The van der Waals surface area contributed by atoms with Gasteiger partial charge in [-0.2, -0.15) is 0 Å². The molecule has 20 heavy (non-hydrogen) atoms. The summed E-state index contributed by atoms with van der Waals surface area (Å²) in [5, 5.41) is 0.743. The smallest absolute Gasteiger partial charge is 0.178 e. The van der Waals surface area contributed by atoms with Crippen molar-refractivity contribution in [2.45, 2.75) is 51.3 Å². The van der Waals surface area contributed by atoms with E-state index in [1.165, 1.54) is 0 Å². The molecule has 4 heteroatoms. The molecule has 0 atom stereocenters. The van der Waals surface area contributed by atoms with Crippen LogP contribution in [0.15, 0.2) is 29.2 Å². The fourth-order valence-corrected chi connectivity index (χ4v) is 5.67. The van der Waals surface area contributed by atoms with Crippen LogP contribution in [0, 0.1) is 12.3 Å². The topological polar surface area (TPSA) is 34.1 Å². The molecule has 0 aliphatic carbocycles. The van der Waals surface area contributed by atoms with Crippen molar-refractivity contribution in [2.24, 2.45) is 5.41 Å². The highest BCUT2D eigenvalue weighted by molar-refractivity contribution is 9.09. The Kier molecular flexibility index (Phi) is 6.73. The molecule has 0 spiro atoms. The van der Waals surface area contributed by atoms with Gasteiger partial charge in [0.05, 0.1) is 10.6 Å². The SMILES string of the molecule is CCCC(CBr)(CCC)CS(=O)(=O)c1ccc(C)cc1. The van der Waals surface area contributed by atoms with Crippen LogP contribution in [-0.2, 0) is 9.84 Å². The van der Waals surface area contributed by atoms with E-state index >= 15 is 0 Å². The molecule has 0 aromatic heterocycles. The molecule has 0 unspecified atom stereocenters. The zero-order valence-electron chi connectivity index (χ0n) is 12.7. The highest BCUT2D eigenvalue weighted by Crippen LogP contribution is 2.35. The third kappa shape index (κ3) is 4.59. The van der Waals surface area contributed by atoms with Gasteiger partial charge in [-0.15, -0.1) is 0 Å². The van der Waals surface area contributed by atoms with Crippen LogP contribution in [-0.4, -0.2) is 19.5 Å². The van der Waals surface area contributed by atoms with Gasteiger partial charge in [0.15, 0.2) is 9.84 Å². The van der Waals surface area contributed by atoms with Gasteiger partial charge in [0, 0.05) is 5.33 Å². The zero-order chi connectivity index (χ0) is 15.2. The first-order valence-corrected chi connectivity index (χ1v) is 10.0. The maximum Gasteiger partial charge on any atom is 0.178 e. The normalized spacial score (nSPS) is 12.6. The maximum atomic E-state index is 12.6. The van der Waals surface area contributed by atoms with Gasteiger partial charge in [-0.1, -0.05) is 60.3 Å². The fraction of sp³-hybridized carbons (Fsp3) is 0.625. The van der Waals surface area contributed by atoms with E-state index in [0.29, 0.717) is 4.90 Å². The molecule has 0 amide bonds. The lowest BCUT2D eigenvalue weighted by Crippen LogP contribution is -2.32. The summed E-state index contributed by atoms with van der Waals surface area (Å²) in [5.41, 5.74) is 0.936. The lowest BCUT2D eigenvalue weighted by Gasteiger charge is -2.31. The second-order valence-electron chi connectivity index (χ2n) is 5.71. The van der Waals surface area contributed by atoms with Crippen LogP contribution in [0.25, 0.3) is 0 Å². The molecule has 0 N–H and O–H groups in total. The lowest BCUT2D eigenvalue weighted by atomic mass is 9.83. The predicted octanol–water partition coefficient (Wildman–Crippen LogP) is 4.75. The molecule has 0 heterocycles. The summed E-state index contributed by atoms with van der Waals surface area (Å²) in [6, 6.07) is 7.17. The van der Waals surface area contributed by atoms with Gasteiger partial charge in [-0.05, 0) is 37.3 Å². The average Bonchev–Trinajstić information content (AvgIpc) is 2.39. The Hall–Kier alpha value is -0.350. The molecule has 0 radical (unpaired) electrons. The molecular weight excluding hydrogens is 336 g/mol. The van der Waals surface area contributed by atoms with Crippen molar-refractivity contribution in [3.05, 3.63) is 29.8 Å². The van der Waals surface area contributed by atoms with Crippen LogP contribution in [0.1, 0.15) is 45.1 Å². The van der Waals surface area contributed by atoms with E-state index in [9.17, 15) is 8.42 Å². The second kappa shape index (κ2) is 7.60. The third-order valence-electron chi connectivity index (χ3n) is 3.72. The Bertz CT molecular complexity index is 500. The van der Waals surface area contributed by atoms with Crippen molar-refractivity contribution in [3.8, 4) is 0 Å². The molecule has 1 aromatic carbocycles. The van der Waals surface area contributed by atoms with Gasteiger partial charge in [-0.25, -0.2) is 8.42 Å². The van der Waals surface area contributed by atoms with Crippen LogP contribution in [0.2, 0.25) is 0 Å². The van der Waals surface area contributed by atoms with Gasteiger partial charge in [-0.3, -0.25) is 0 Å². The quantitative estimate of drug-likeness (QED) is 0.626. The van der Waals surface area contributed by atoms with Crippen LogP contribution in [0.5, 0.6) is 0 Å². The number of aryl methyl sites for hydroxylation is 1. The fourth-order valence-electron chi connectivity index (χ4n) is 2.73. The van der Waals surface area contributed by atoms with Crippen molar-refractivity contribution in [1.82, 2.24) is 0 Å². The minimum atomic E-state index is -3.22. The molecule has 0 aliphatic rings. The maximum absolute atomic E-state index is 12.6. The zero-order valence-corrected chi connectivity index (χ0v) is 15.1.